The van der Waals surface area contributed by atoms with Gasteiger partial charge in [-0.05, 0) is 30.4 Å². The van der Waals surface area contributed by atoms with Crippen molar-refractivity contribution in [2.45, 2.75) is 12.8 Å². The molecule has 0 fully saturated rings. The van der Waals surface area contributed by atoms with Crippen molar-refractivity contribution in [1.82, 2.24) is 0 Å². The molecule has 0 aliphatic carbocycles. The van der Waals surface area contributed by atoms with Gasteiger partial charge >= 0.3 is 0 Å². The number of ether oxygens (including phenoxy) is 1. The SMILES string of the molecule is C=CCC(C=C)C1COc2ccccc2C1. The second kappa shape index (κ2) is 5.02. The highest BCUT2D eigenvalue weighted by molar-refractivity contribution is 5.35. The first-order valence-corrected chi connectivity index (χ1v) is 5.79. The smallest absolute Gasteiger partial charge is 0.122 e. The zero-order valence-electron chi connectivity index (χ0n) is 9.56. The van der Waals surface area contributed by atoms with E-state index in [0.29, 0.717) is 11.8 Å². The second-order valence-electron chi connectivity index (χ2n) is 4.31. The Morgan fingerprint density at radius 1 is 1.38 bits per heavy atom. The Bertz CT molecular complexity index is 381. The van der Waals surface area contributed by atoms with Gasteiger partial charge in [-0.2, -0.15) is 0 Å². The molecule has 84 valence electrons. The Morgan fingerprint density at radius 2 is 2.19 bits per heavy atom. The fraction of sp³-hybridized carbons (Fsp3) is 0.333. The Balaban J connectivity index is 2.12. The Hall–Kier alpha value is -1.50. The third-order valence-corrected chi connectivity index (χ3v) is 3.25. The van der Waals surface area contributed by atoms with E-state index >= 15 is 0 Å². The van der Waals surface area contributed by atoms with Gasteiger partial charge in [-0.15, -0.1) is 13.2 Å². The first kappa shape index (κ1) is 11.0. The lowest BCUT2D eigenvalue weighted by atomic mass is 9.84. The van der Waals surface area contributed by atoms with Crippen molar-refractivity contribution >= 4 is 0 Å². The fourth-order valence-electron chi connectivity index (χ4n) is 2.30. The lowest BCUT2D eigenvalue weighted by Crippen LogP contribution is -2.26. The maximum absolute atomic E-state index is 5.78. The molecule has 0 saturated heterocycles. The van der Waals surface area contributed by atoms with Crippen molar-refractivity contribution in [2.24, 2.45) is 11.8 Å². The number of hydrogen-bond donors (Lipinski definition) is 0. The summed E-state index contributed by atoms with van der Waals surface area (Å²) >= 11 is 0. The van der Waals surface area contributed by atoms with Crippen LogP contribution in [0.25, 0.3) is 0 Å². The van der Waals surface area contributed by atoms with Crippen LogP contribution in [0.1, 0.15) is 12.0 Å². The molecular formula is C15H18O. The van der Waals surface area contributed by atoms with E-state index in [1.54, 1.807) is 0 Å². The summed E-state index contributed by atoms with van der Waals surface area (Å²) in [4.78, 5) is 0. The largest absolute Gasteiger partial charge is 0.493 e. The minimum atomic E-state index is 0.478. The van der Waals surface area contributed by atoms with Crippen molar-refractivity contribution < 1.29 is 4.74 Å². The van der Waals surface area contributed by atoms with Crippen LogP contribution < -0.4 is 4.74 Å². The summed E-state index contributed by atoms with van der Waals surface area (Å²) < 4.78 is 5.78. The quantitative estimate of drug-likeness (QED) is 0.696. The number of allylic oxidation sites excluding steroid dienone is 2. The van der Waals surface area contributed by atoms with Crippen molar-refractivity contribution in [3.05, 3.63) is 55.1 Å². The summed E-state index contributed by atoms with van der Waals surface area (Å²) in [5.74, 6) is 2.05. The van der Waals surface area contributed by atoms with Crippen LogP contribution in [0.5, 0.6) is 5.75 Å². The Labute approximate surface area is 97.4 Å². The molecule has 0 saturated carbocycles. The van der Waals surface area contributed by atoms with Gasteiger partial charge in [0.15, 0.2) is 0 Å². The van der Waals surface area contributed by atoms with E-state index in [1.165, 1.54) is 5.56 Å². The second-order valence-corrected chi connectivity index (χ2v) is 4.31. The molecule has 1 aliphatic rings. The first-order chi connectivity index (χ1) is 7.85. The molecule has 2 unspecified atom stereocenters. The van der Waals surface area contributed by atoms with Gasteiger partial charge in [-0.1, -0.05) is 30.4 Å². The van der Waals surface area contributed by atoms with Crippen LogP contribution in [-0.2, 0) is 6.42 Å². The van der Waals surface area contributed by atoms with Gasteiger partial charge in [0, 0.05) is 5.92 Å². The van der Waals surface area contributed by atoms with Crippen LogP contribution in [0.2, 0.25) is 0 Å². The molecule has 1 heteroatoms. The van der Waals surface area contributed by atoms with E-state index < -0.39 is 0 Å². The van der Waals surface area contributed by atoms with Gasteiger partial charge in [0.25, 0.3) is 0 Å². The highest BCUT2D eigenvalue weighted by atomic mass is 16.5. The predicted octanol–water partition coefficient (Wildman–Crippen LogP) is 3.62. The van der Waals surface area contributed by atoms with E-state index in [1.807, 2.05) is 24.3 Å². The average molecular weight is 214 g/mol. The van der Waals surface area contributed by atoms with Gasteiger partial charge in [0.05, 0.1) is 6.61 Å². The molecule has 0 bridgehead atoms. The molecule has 16 heavy (non-hydrogen) atoms. The predicted molar refractivity (Wildman–Crippen MR) is 67.6 cm³/mol. The molecule has 1 aromatic carbocycles. The zero-order chi connectivity index (χ0) is 11.4. The number of para-hydroxylation sites is 1. The van der Waals surface area contributed by atoms with Crippen LogP contribution in [0.15, 0.2) is 49.6 Å². The van der Waals surface area contributed by atoms with Crippen LogP contribution in [-0.4, -0.2) is 6.61 Å². The number of benzene rings is 1. The van der Waals surface area contributed by atoms with E-state index in [-0.39, 0.29) is 0 Å². The Morgan fingerprint density at radius 3 is 2.94 bits per heavy atom. The summed E-state index contributed by atoms with van der Waals surface area (Å²) in [5.41, 5.74) is 1.31. The Kier molecular flexibility index (Phi) is 3.45. The standard InChI is InChI=1S/C15H18O/c1-3-7-12(4-2)14-10-13-8-5-6-9-15(13)16-11-14/h3-6,8-9,12,14H,1-2,7,10-11H2. The summed E-state index contributed by atoms with van der Waals surface area (Å²) in [6, 6.07) is 8.28. The molecule has 0 amide bonds. The van der Waals surface area contributed by atoms with Crippen LogP contribution in [0, 0.1) is 11.8 Å². The van der Waals surface area contributed by atoms with Crippen molar-refractivity contribution in [3.63, 3.8) is 0 Å². The highest BCUT2D eigenvalue weighted by Crippen LogP contribution is 2.31. The van der Waals surface area contributed by atoms with Gasteiger partial charge in [0.1, 0.15) is 5.75 Å². The van der Waals surface area contributed by atoms with Gasteiger partial charge < -0.3 is 4.74 Å². The van der Waals surface area contributed by atoms with Gasteiger partial charge in [-0.3, -0.25) is 0 Å². The average Bonchev–Trinajstić information content (AvgIpc) is 2.35. The molecule has 1 aliphatic heterocycles. The van der Waals surface area contributed by atoms with E-state index in [2.05, 4.69) is 25.3 Å². The van der Waals surface area contributed by atoms with Gasteiger partial charge in [0.2, 0.25) is 0 Å². The number of rotatable bonds is 4. The van der Waals surface area contributed by atoms with E-state index in [9.17, 15) is 0 Å². The minimum absolute atomic E-state index is 0.478. The van der Waals surface area contributed by atoms with Crippen LogP contribution in [0.4, 0.5) is 0 Å². The van der Waals surface area contributed by atoms with Crippen molar-refractivity contribution in [2.75, 3.05) is 6.61 Å². The summed E-state index contributed by atoms with van der Waals surface area (Å²) in [7, 11) is 0. The normalized spacial score (nSPS) is 20.4. The van der Waals surface area contributed by atoms with Crippen LogP contribution >= 0.6 is 0 Å². The lowest BCUT2D eigenvalue weighted by molar-refractivity contribution is 0.189. The molecule has 1 heterocycles. The maximum Gasteiger partial charge on any atom is 0.122 e. The third kappa shape index (κ3) is 2.19. The summed E-state index contributed by atoms with van der Waals surface area (Å²) in [6.07, 6.45) is 6.07. The molecule has 0 radical (unpaired) electrons. The summed E-state index contributed by atoms with van der Waals surface area (Å²) in [5, 5.41) is 0. The van der Waals surface area contributed by atoms with Crippen molar-refractivity contribution in [1.29, 1.82) is 0 Å². The first-order valence-electron chi connectivity index (χ1n) is 5.79. The van der Waals surface area contributed by atoms with Crippen molar-refractivity contribution in [3.8, 4) is 5.75 Å². The molecule has 0 aromatic heterocycles. The van der Waals surface area contributed by atoms with Gasteiger partial charge in [-0.25, -0.2) is 0 Å². The molecule has 0 N–H and O–H groups in total. The molecular weight excluding hydrogens is 196 g/mol. The lowest BCUT2D eigenvalue weighted by Gasteiger charge is -2.29. The molecule has 1 nitrogen and oxygen atoms in total. The van der Waals surface area contributed by atoms with E-state index in [4.69, 9.17) is 4.74 Å². The summed E-state index contributed by atoms with van der Waals surface area (Å²) in [6.45, 7) is 8.50. The monoisotopic (exact) mass is 214 g/mol. The number of hydrogen-bond acceptors (Lipinski definition) is 1. The maximum atomic E-state index is 5.78. The molecule has 0 spiro atoms. The molecule has 2 atom stereocenters. The molecule has 1 aromatic rings. The zero-order valence-corrected chi connectivity index (χ0v) is 9.56. The fourth-order valence-corrected chi connectivity index (χ4v) is 2.30. The molecule has 2 rings (SSSR count). The topological polar surface area (TPSA) is 9.23 Å². The van der Waals surface area contributed by atoms with Crippen LogP contribution in [0.3, 0.4) is 0 Å². The highest BCUT2D eigenvalue weighted by Gasteiger charge is 2.24. The number of fused-ring (bicyclic) bond motifs is 1. The third-order valence-electron chi connectivity index (χ3n) is 3.25. The minimum Gasteiger partial charge on any atom is -0.493 e. The van der Waals surface area contributed by atoms with E-state index in [0.717, 1.165) is 25.2 Å².